The molecular weight excluding hydrogens is 219 g/mol. The summed E-state index contributed by atoms with van der Waals surface area (Å²) in [7, 11) is 0.0244. The summed E-state index contributed by atoms with van der Waals surface area (Å²) in [5, 5.41) is 8.88. The summed E-state index contributed by atoms with van der Waals surface area (Å²) in [6.07, 6.45) is 0. The number of nitrogens with zero attached hydrogens (tertiary/aromatic N) is 2. The van der Waals surface area contributed by atoms with E-state index in [0.717, 1.165) is 16.7 Å². The van der Waals surface area contributed by atoms with Gasteiger partial charge in [0.2, 0.25) is 0 Å². The molecule has 0 aliphatic carbocycles. The van der Waals surface area contributed by atoms with Crippen molar-refractivity contribution in [3.05, 3.63) is 54.6 Å². The molecule has 0 heterocycles. The molecule has 0 aliphatic heterocycles. The maximum absolute atomic E-state index is 10.5. The highest BCUT2D eigenvalue weighted by Gasteiger charge is 1.92. The zero-order valence-corrected chi connectivity index (χ0v) is 9.34. The van der Waals surface area contributed by atoms with Gasteiger partial charge in [-0.3, -0.25) is 4.57 Å². The minimum Gasteiger partial charge on any atom is -0.269 e. The third-order valence-corrected chi connectivity index (χ3v) is 2.50. The topological polar surface area (TPSA) is 41.8 Å². The van der Waals surface area contributed by atoms with Gasteiger partial charge in [0.05, 0.1) is 11.4 Å². The molecule has 0 saturated carbocycles. The van der Waals surface area contributed by atoms with Crippen molar-refractivity contribution in [1.29, 1.82) is 0 Å². The van der Waals surface area contributed by atoms with Gasteiger partial charge in [-0.1, -0.05) is 18.2 Å². The van der Waals surface area contributed by atoms with Crippen LogP contribution < -0.4 is 5.30 Å². The predicted octanol–water partition coefficient (Wildman–Crippen LogP) is 4.02. The fourth-order valence-electron chi connectivity index (χ4n) is 1.19. The molecule has 4 heteroatoms. The molecule has 2 rings (SSSR count). The highest BCUT2D eigenvalue weighted by atomic mass is 31.1. The summed E-state index contributed by atoms with van der Waals surface area (Å²) in [5.41, 5.74) is 1.56. The molecule has 0 amide bonds. The van der Waals surface area contributed by atoms with Gasteiger partial charge >= 0.3 is 0 Å². The molecule has 78 valence electrons. The van der Waals surface area contributed by atoms with E-state index in [2.05, 4.69) is 10.2 Å². The standard InChI is InChI=1S/C12H9N2OP/c15-16-12-8-6-11(7-9-12)14-13-10-4-2-1-3-5-10/h1-9H. The van der Waals surface area contributed by atoms with E-state index in [1.807, 2.05) is 30.3 Å². The Morgan fingerprint density at radius 1 is 0.750 bits per heavy atom. The second kappa shape index (κ2) is 5.29. The summed E-state index contributed by atoms with van der Waals surface area (Å²) < 4.78 is 10.5. The lowest BCUT2D eigenvalue weighted by Crippen LogP contribution is -1.86. The van der Waals surface area contributed by atoms with Crippen LogP contribution in [-0.4, -0.2) is 0 Å². The lowest BCUT2D eigenvalue weighted by atomic mass is 10.3. The molecule has 0 aromatic heterocycles. The van der Waals surface area contributed by atoms with E-state index in [0.29, 0.717) is 0 Å². The number of benzene rings is 2. The van der Waals surface area contributed by atoms with Crippen LogP contribution in [0.4, 0.5) is 11.4 Å². The van der Waals surface area contributed by atoms with Crippen molar-refractivity contribution >= 4 is 25.1 Å². The molecule has 3 nitrogen and oxygen atoms in total. The number of rotatable bonds is 3. The maximum atomic E-state index is 10.5. The van der Waals surface area contributed by atoms with E-state index < -0.39 is 0 Å². The van der Waals surface area contributed by atoms with Gasteiger partial charge < -0.3 is 0 Å². The monoisotopic (exact) mass is 228 g/mol. The maximum Gasteiger partial charge on any atom is 0.192 e. The van der Waals surface area contributed by atoms with Gasteiger partial charge in [-0.05, 0) is 36.4 Å². The van der Waals surface area contributed by atoms with Crippen LogP contribution in [0, 0.1) is 0 Å². The summed E-state index contributed by atoms with van der Waals surface area (Å²) in [4.78, 5) is 0. The van der Waals surface area contributed by atoms with Crippen molar-refractivity contribution in [3.8, 4) is 0 Å². The van der Waals surface area contributed by atoms with E-state index in [-0.39, 0.29) is 8.46 Å². The molecule has 0 unspecified atom stereocenters. The summed E-state index contributed by atoms with van der Waals surface area (Å²) in [6.45, 7) is 0. The molecule has 0 aliphatic rings. The van der Waals surface area contributed by atoms with E-state index in [9.17, 15) is 4.57 Å². The largest absolute Gasteiger partial charge is 0.269 e. The zero-order chi connectivity index (χ0) is 11.2. The second-order valence-corrected chi connectivity index (χ2v) is 3.84. The molecule has 0 bridgehead atoms. The number of azo groups is 1. The third-order valence-electron chi connectivity index (χ3n) is 1.99. The first-order valence-corrected chi connectivity index (χ1v) is 5.60. The van der Waals surface area contributed by atoms with Crippen LogP contribution in [0.1, 0.15) is 0 Å². The first kappa shape index (κ1) is 10.7. The van der Waals surface area contributed by atoms with Crippen molar-refractivity contribution < 1.29 is 4.57 Å². The van der Waals surface area contributed by atoms with Crippen LogP contribution in [0.25, 0.3) is 0 Å². The molecule has 0 N–H and O–H groups in total. The lowest BCUT2D eigenvalue weighted by molar-refractivity contribution is 0.603. The average Bonchev–Trinajstić information content (AvgIpc) is 2.38. The second-order valence-electron chi connectivity index (χ2n) is 3.14. The molecule has 16 heavy (non-hydrogen) atoms. The van der Waals surface area contributed by atoms with Gasteiger partial charge in [-0.2, -0.15) is 10.2 Å². The van der Waals surface area contributed by atoms with Gasteiger partial charge in [-0.15, -0.1) is 0 Å². The highest BCUT2D eigenvalue weighted by molar-refractivity contribution is 7.34. The Labute approximate surface area is 95.1 Å². The van der Waals surface area contributed by atoms with Crippen molar-refractivity contribution in [2.75, 3.05) is 0 Å². The number of hydrogen-bond donors (Lipinski definition) is 0. The van der Waals surface area contributed by atoms with E-state index in [1.165, 1.54) is 0 Å². The molecule has 0 fully saturated rings. The molecule has 0 spiro atoms. The van der Waals surface area contributed by atoms with Gasteiger partial charge in [0, 0.05) is 5.30 Å². The fraction of sp³-hybridized carbons (Fsp3) is 0. The Morgan fingerprint density at radius 2 is 1.31 bits per heavy atom. The highest BCUT2D eigenvalue weighted by Crippen LogP contribution is 2.16. The Morgan fingerprint density at radius 3 is 1.88 bits per heavy atom. The Hall–Kier alpha value is -1.86. The van der Waals surface area contributed by atoms with Crippen molar-refractivity contribution in [2.45, 2.75) is 0 Å². The number of hydrogen-bond acceptors (Lipinski definition) is 3. The Kier molecular flexibility index (Phi) is 3.52. The van der Waals surface area contributed by atoms with Gasteiger partial charge in [-0.25, -0.2) is 0 Å². The van der Waals surface area contributed by atoms with Crippen LogP contribution in [0.5, 0.6) is 0 Å². The third kappa shape index (κ3) is 2.81. The van der Waals surface area contributed by atoms with Gasteiger partial charge in [0.15, 0.2) is 8.46 Å². The molecule has 2 aromatic carbocycles. The predicted molar refractivity (Wildman–Crippen MR) is 64.3 cm³/mol. The molecule has 2 aromatic rings. The first-order valence-electron chi connectivity index (χ1n) is 4.79. The minimum absolute atomic E-state index is 0.0244. The van der Waals surface area contributed by atoms with Crippen LogP contribution in [0.15, 0.2) is 64.8 Å². The van der Waals surface area contributed by atoms with E-state index in [1.54, 1.807) is 24.3 Å². The smallest absolute Gasteiger partial charge is 0.192 e. The Balaban J connectivity index is 2.14. The van der Waals surface area contributed by atoms with Gasteiger partial charge in [0.1, 0.15) is 0 Å². The van der Waals surface area contributed by atoms with Crippen molar-refractivity contribution in [2.24, 2.45) is 10.2 Å². The molecular formula is C12H9N2OP. The quantitative estimate of drug-likeness (QED) is 0.577. The van der Waals surface area contributed by atoms with Crippen LogP contribution in [-0.2, 0) is 4.57 Å². The average molecular weight is 228 g/mol. The van der Waals surface area contributed by atoms with E-state index >= 15 is 0 Å². The Bertz CT molecular complexity index is 494. The fourth-order valence-corrected chi connectivity index (χ4v) is 1.46. The van der Waals surface area contributed by atoms with Crippen LogP contribution >= 0.6 is 8.46 Å². The molecule has 0 radical (unpaired) electrons. The van der Waals surface area contributed by atoms with E-state index in [4.69, 9.17) is 0 Å². The molecule has 0 atom stereocenters. The van der Waals surface area contributed by atoms with Crippen molar-refractivity contribution in [1.82, 2.24) is 0 Å². The normalized spacial score (nSPS) is 11.0. The molecule has 0 saturated heterocycles. The van der Waals surface area contributed by atoms with Gasteiger partial charge in [0.25, 0.3) is 0 Å². The van der Waals surface area contributed by atoms with Crippen molar-refractivity contribution in [3.63, 3.8) is 0 Å². The SMILES string of the molecule is O=Pc1ccc(N=Nc2ccccc2)cc1. The first-order chi connectivity index (χ1) is 7.88. The lowest BCUT2D eigenvalue weighted by Gasteiger charge is -1.93. The summed E-state index contributed by atoms with van der Waals surface area (Å²) in [6, 6.07) is 16.6. The summed E-state index contributed by atoms with van der Waals surface area (Å²) >= 11 is 0. The van der Waals surface area contributed by atoms with Crippen LogP contribution in [0.3, 0.4) is 0 Å². The minimum atomic E-state index is 0.0244. The zero-order valence-electron chi connectivity index (χ0n) is 8.45. The van der Waals surface area contributed by atoms with Crippen LogP contribution in [0.2, 0.25) is 0 Å². The summed E-state index contributed by atoms with van der Waals surface area (Å²) in [5.74, 6) is 0.